The summed E-state index contributed by atoms with van der Waals surface area (Å²) in [6.07, 6.45) is 8.51. The van der Waals surface area contributed by atoms with Crippen LogP contribution in [0, 0.1) is 0 Å². The van der Waals surface area contributed by atoms with Crippen LogP contribution in [0.2, 0.25) is 0 Å². The molecule has 4 aromatic heterocycles. The number of rotatable bonds is 6. The van der Waals surface area contributed by atoms with E-state index in [1.165, 1.54) is 6.33 Å². The molecule has 0 aliphatic heterocycles. The van der Waals surface area contributed by atoms with Crippen LogP contribution in [0.15, 0.2) is 59.0 Å². The Morgan fingerprint density at radius 3 is 2.88 bits per heavy atom. The Labute approximate surface area is 191 Å². The van der Waals surface area contributed by atoms with E-state index in [1.807, 2.05) is 30.3 Å². The van der Waals surface area contributed by atoms with Crippen LogP contribution in [0.3, 0.4) is 0 Å². The highest BCUT2D eigenvalue weighted by Crippen LogP contribution is 2.22. The molecule has 34 heavy (non-hydrogen) atoms. The maximum Gasteiger partial charge on any atom is 0.326 e. The van der Waals surface area contributed by atoms with Crippen LogP contribution in [0.1, 0.15) is 24.1 Å². The van der Waals surface area contributed by atoms with Crippen LogP contribution in [0.5, 0.6) is 5.88 Å². The summed E-state index contributed by atoms with van der Waals surface area (Å²) in [6.45, 7) is 0.501. The van der Waals surface area contributed by atoms with Crippen molar-refractivity contribution in [3.05, 3.63) is 81.6 Å². The third-order valence-electron chi connectivity index (χ3n) is 5.49. The lowest BCUT2D eigenvalue weighted by Gasteiger charge is -2.11. The molecule has 1 fully saturated rings. The maximum atomic E-state index is 11.5. The van der Waals surface area contributed by atoms with Gasteiger partial charge in [0, 0.05) is 17.8 Å². The molecular formula is C22H20N10O2. The zero-order valence-electron chi connectivity index (χ0n) is 17.9. The Hall–Kier alpha value is -4.74. The molecule has 1 aliphatic carbocycles. The average molecular weight is 456 g/mol. The van der Waals surface area contributed by atoms with Gasteiger partial charge < -0.3 is 15.4 Å². The largest absolute Gasteiger partial charge is 0.493 e. The summed E-state index contributed by atoms with van der Waals surface area (Å²) < 4.78 is 3.39. The van der Waals surface area contributed by atoms with Crippen LogP contribution in [0.4, 0.5) is 5.82 Å². The first-order valence-electron chi connectivity index (χ1n) is 10.8. The number of aromatic amines is 2. The summed E-state index contributed by atoms with van der Waals surface area (Å²) in [5.74, 6) is 0.383. The lowest BCUT2D eigenvalue weighted by Crippen LogP contribution is -2.20. The van der Waals surface area contributed by atoms with E-state index < -0.39 is 5.69 Å². The molecule has 1 saturated carbocycles. The molecule has 0 saturated heterocycles. The van der Waals surface area contributed by atoms with Gasteiger partial charge in [-0.15, -0.1) is 0 Å². The van der Waals surface area contributed by atoms with Gasteiger partial charge in [-0.3, -0.25) is 9.98 Å². The number of anilines is 1. The second kappa shape index (κ2) is 7.99. The van der Waals surface area contributed by atoms with Crippen molar-refractivity contribution in [2.75, 3.05) is 5.32 Å². The predicted octanol–water partition coefficient (Wildman–Crippen LogP) is 0.255. The fraction of sp³-hybridized carbons (Fsp3) is 0.182. The SMILES string of the molecule is O=c1[nH]c(O)c(/C=c2/cnn3c(=NC4CC4)cc(NCc4ccccc4-n4cncn4)nc23)[nH]1. The molecule has 1 aliphatic rings. The van der Waals surface area contributed by atoms with Gasteiger partial charge in [0.2, 0.25) is 5.88 Å². The molecule has 0 radical (unpaired) electrons. The van der Waals surface area contributed by atoms with Gasteiger partial charge in [0.1, 0.15) is 24.2 Å². The number of fused-ring (bicyclic) bond motifs is 1. The Bertz CT molecular complexity index is 1660. The van der Waals surface area contributed by atoms with Gasteiger partial charge >= 0.3 is 5.69 Å². The van der Waals surface area contributed by atoms with Crippen LogP contribution < -0.4 is 21.7 Å². The number of aromatic nitrogens is 8. The Balaban J connectivity index is 1.41. The highest BCUT2D eigenvalue weighted by atomic mass is 16.3. The number of aromatic hydroxyl groups is 1. The normalized spacial score (nSPS) is 14.8. The van der Waals surface area contributed by atoms with E-state index in [1.54, 1.807) is 27.8 Å². The molecule has 6 rings (SSSR count). The van der Waals surface area contributed by atoms with E-state index >= 15 is 0 Å². The van der Waals surface area contributed by atoms with E-state index in [4.69, 9.17) is 9.98 Å². The summed E-state index contributed by atoms with van der Waals surface area (Å²) in [7, 11) is 0. The summed E-state index contributed by atoms with van der Waals surface area (Å²) in [5.41, 5.74) is 2.93. The minimum atomic E-state index is -0.494. The zero-order chi connectivity index (χ0) is 23.1. The smallest absolute Gasteiger partial charge is 0.326 e. The third kappa shape index (κ3) is 3.81. The molecule has 1 aromatic carbocycles. The van der Waals surface area contributed by atoms with Gasteiger partial charge in [-0.2, -0.15) is 14.7 Å². The van der Waals surface area contributed by atoms with Crippen LogP contribution in [-0.4, -0.2) is 50.5 Å². The maximum absolute atomic E-state index is 11.5. The fourth-order valence-corrected chi connectivity index (χ4v) is 3.69. The standard InChI is InChI=1S/C22H20N10O2/c33-21-16(28-22(34)30-21)7-14-10-25-32-19(27-15-5-6-15)8-18(29-20(14)32)24-9-13-3-1-2-4-17(13)31-12-23-11-26-31/h1-4,7-8,10-12,15,24,33H,5-6,9H2,(H2,28,30,34)/b14-7-,27-19?. The van der Waals surface area contributed by atoms with E-state index in [9.17, 15) is 9.90 Å². The van der Waals surface area contributed by atoms with E-state index in [2.05, 4.69) is 30.5 Å². The number of benzene rings is 1. The molecule has 0 bridgehead atoms. The first kappa shape index (κ1) is 19.9. The quantitative estimate of drug-likeness (QED) is 0.286. The molecule has 0 spiro atoms. The second-order valence-electron chi connectivity index (χ2n) is 8.00. The van der Waals surface area contributed by atoms with Crippen molar-refractivity contribution in [1.82, 2.24) is 39.3 Å². The number of imidazole rings is 1. The number of nitrogens with zero attached hydrogens (tertiary/aromatic N) is 7. The summed E-state index contributed by atoms with van der Waals surface area (Å²) in [4.78, 5) is 29.9. The summed E-state index contributed by atoms with van der Waals surface area (Å²) >= 11 is 0. The first-order valence-corrected chi connectivity index (χ1v) is 10.8. The van der Waals surface area contributed by atoms with Gasteiger partial charge in [0.05, 0.1) is 17.9 Å². The fourth-order valence-electron chi connectivity index (χ4n) is 3.69. The Kier molecular flexibility index (Phi) is 4.68. The number of hydrogen-bond acceptors (Lipinski definition) is 8. The molecule has 4 N–H and O–H groups in total. The van der Waals surface area contributed by atoms with E-state index in [0.717, 1.165) is 24.1 Å². The zero-order valence-corrected chi connectivity index (χ0v) is 17.9. The molecule has 12 nitrogen and oxygen atoms in total. The monoisotopic (exact) mass is 456 g/mol. The van der Waals surface area contributed by atoms with Gasteiger partial charge in [-0.25, -0.2) is 19.4 Å². The Morgan fingerprint density at radius 2 is 2.12 bits per heavy atom. The molecule has 12 heteroatoms. The second-order valence-corrected chi connectivity index (χ2v) is 8.00. The van der Waals surface area contributed by atoms with Crippen LogP contribution in [-0.2, 0) is 6.54 Å². The molecule has 0 unspecified atom stereocenters. The van der Waals surface area contributed by atoms with Crippen LogP contribution in [0.25, 0.3) is 17.4 Å². The van der Waals surface area contributed by atoms with Gasteiger partial charge in [-0.05, 0) is 30.5 Å². The minimum Gasteiger partial charge on any atom is -0.493 e. The van der Waals surface area contributed by atoms with Crippen molar-refractivity contribution in [2.45, 2.75) is 25.4 Å². The summed E-state index contributed by atoms with van der Waals surface area (Å²) in [5, 5.41) is 22.6. The van der Waals surface area contributed by atoms with Crippen molar-refractivity contribution < 1.29 is 5.11 Å². The first-order chi connectivity index (χ1) is 16.6. The molecule has 0 amide bonds. The molecular weight excluding hydrogens is 436 g/mol. The van der Waals surface area contributed by atoms with Gasteiger partial charge in [-0.1, -0.05) is 18.2 Å². The van der Waals surface area contributed by atoms with Crippen LogP contribution >= 0.6 is 0 Å². The van der Waals surface area contributed by atoms with Crippen molar-refractivity contribution >= 4 is 17.5 Å². The Morgan fingerprint density at radius 1 is 1.24 bits per heavy atom. The van der Waals surface area contributed by atoms with Crippen molar-refractivity contribution in [3.63, 3.8) is 0 Å². The van der Waals surface area contributed by atoms with Gasteiger partial charge in [0.25, 0.3) is 0 Å². The predicted molar refractivity (Wildman–Crippen MR) is 122 cm³/mol. The number of hydrogen-bond donors (Lipinski definition) is 4. The average Bonchev–Trinajstić information content (AvgIpc) is 3.20. The molecule has 4 heterocycles. The molecule has 5 aromatic rings. The third-order valence-corrected chi connectivity index (χ3v) is 5.49. The lowest BCUT2D eigenvalue weighted by atomic mass is 10.2. The molecule has 170 valence electrons. The highest BCUT2D eigenvalue weighted by molar-refractivity contribution is 5.58. The number of nitrogens with one attached hydrogen (secondary N) is 3. The van der Waals surface area contributed by atoms with Gasteiger partial charge in [0.15, 0.2) is 11.1 Å². The van der Waals surface area contributed by atoms with E-state index in [-0.39, 0.29) is 17.6 Å². The van der Waals surface area contributed by atoms with Crippen molar-refractivity contribution in [1.29, 1.82) is 0 Å². The molecule has 0 atom stereocenters. The van der Waals surface area contributed by atoms with Crippen molar-refractivity contribution in [3.8, 4) is 11.6 Å². The number of H-pyrrole nitrogens is 2. The minimum absolute atomic E-state index is 0.244. The van der Waals surface area contributed by atoms with Crippen molar-refractivity contribution in [2.24, 2.45) is 4.99 Å². The van der Waals surface area contributed by atoms with E-state index in [0.29, 0.717) is 28.7 Å². The lowest BCUT2D eigenvalue weighted by molar-refractivity contribution is 0.454. The topological polar surface area (TPSA) is 154 Å². The summed E-state index contributed by atoms with van der Waals surface area (Å²) in [6, 6.07) is 10.1. The highest BCUT2D eigenvalue weighted by Gasteiger charge is 2.20. The number of para-hydroxylation sites is 1.